The first-order valence-corrected chi connectivity index (χ1v) is 12.4. The second-order valence-corrected chi connectivity index (χ2v) is 8.92. The van der Waals surface area contributed by atoms with Crippen molar-refractivity contribution in [2.45, 2.75) is 39.2 Å². The molecule has 0 aliphatic carbocycles. The fourth-order valence-electron chi connectivity index (χ4n) is 4.01. The number of ether oxygens (including phenoxy) is 3. The maximum Gasteiger partial charge on any atom is 0.433 e. The summed E-state index contributed by atoms with van der Waals surface area (Å²) in [5.41, 5.74) is 1.48. The average Bonchev–Trinajstić information content (AvgIpc) is 2.94. The molecule has 0 saturated carbocycles. The highest BCUT2D eigenvalue weighted by Gasteiger charge is 2.33. The van der Waals surface area contributed by atoms with Crippen LogP contribution in [0, 0.1) is 0 Å². The SMILES string of the molecule is CCC/C(=C\c1cc(OCc2ccc3nc(C(F)(F)F)cc(OC)c3c2)ccc1OCc1ccncc1)C(=O)O. The van der Waals surface area contributed by atoms with Gasteiger partial charge in [0.15, 0.2) is 0 Å². The predicted octanol–water partition coefficient (Wildman–Crippen LogP) is 7.08. The fraction of sp³-hybridized carbons (Fsp3) is 0.233. The van der Waals surface area contributed by atoms with Gasteiger partial charge in [0.05, 0.1) is 12.6 Å². The summed E-state index contributed by atoms with van der Waals surface area (Å²) in [6.07, 6.45) is 1.34. The number of benzene rings is 2. The van der Waals surface area contributed by atoms with Crippen molar-refractivity contribution >= 4 is 22.9 Å². The van der Waals surface area contributed by atoms with Crippen LogP contribution >= 0.6 is 0 Å². The predicted molar refractivity (Wildman–Crippen MR) is 143 cm³/mol. The van der Waals surface area contributed by atoms with E-state index in [1.54, 1.807) is 48.8 Å². The minimum Gasteiger partial charge on any atom is -0.496 e. The van der Waals surface area contributed by atoms with Gasteiger partial charge in [0.1, 0.15) is 36.2 Å². The lowest BCUT2D eigenvalue weighted by Crippen LogP contribution is -2.08. The lowest BCUT2D eigenvalue weighted by Gasteiger charge is -2.14. The number of carbonyl (C=O) groups is 1. The van der Waals surface area contributed by atoms with Crippen LogP contribution in [-0.4, -0.2) is 28.2 Å². The molecule has 4 aromatic rings. The number of aromatic nitrogens is 2. The third-order valence-corrected chi connectivity index (χ3v) is 6.00. The smallest absolute Gasteiger partial charge is 0.433 e. The molecular weight excluding hydrogens is 525 g/mol. The Morgan fingerprint density at radius 1 is 0.950 bits per heavy atom. The van der Waals surface area contributed by atoms with Gasteiger partial charge in [-0.05, 0) is 66.1 Å². The lowest BCUT2D eigenvalue weighted by atomic mass is 10.1. The summed E-state index contributed by atoms with van der Waals surface area (Å²) in [6, 6.07) is 14.4. The van der Waals surface area contributed by atoms with Gasteiger partial charge in [-0.1, -0.05) is 19.4 Å². The molecule has 0 spiro atoms. The molecule has 2 aromatic carbocycles. The van der Waals surface area contributed by atoms with Gasteiger partial charge in [-0.2, -0.15) is 13.2 Å². The van der Waals surface area contributed by atoms with E-state index in [9.17, 15) is 23.1 Å². The van der Waals surface area contributed by atoms with Crippen LogP contribution in [0.15, 0.2) is 72.6 Å². The van der Waals surface area contributed by atoms with E-state index in [1.807, 2.05) is 19.1 Å². The molecule has 0 bridgehead atoms. The second kappa shape index (κ2) is 12.5. The Labute approximate surface area is 228 Å². The van der Waals surface area contributed by atoms with Crippen molar-refractivity contribution in [3.8, 4) is 17.2 Å². The van der Waals surface area contributed by atoms with E-state index in [1.165, 1.54) is 13.2 Å². The Morgan fingerprint density at radius 3 is 2.38 bits per heavy atom. The quantitative estimate of drug-likeness (QED) is 0.199. The largest absolute Gasteiger partial charge is 0.496 e. The number of pyridine rings is 2. The number of nitrogens with zero attached hydrogens (tertiary/aromatic N) is 2. The van der Waals surface area contributed by atoms with Crippen molar-refractivity contribution in [1.29, 1.82) is 0 Å². The highest BCUT2D eigenvalue weighted by molar-refractivity contribution is 5.92. The van der Waals surface area contributed by atoms with E-state index >= 15 is 0 Å². The molecule has 4 rings (SSSR count). The van der Waals surface area contributed by atoms with Gasteiger partial charge in [-0.25, -0.2) is 9.78 Å². The Bertz CT molecular complexity index is 1520. The first-order valence-electron chi connectivity index (χ1n) is 12.4. The molecule has 0 unspecified atom stereocenters. The van der Waals surface area contributed by atoms with Crippen LogP contribution in [0.25, 0.3) is 17.0 Å². The Kier molecular flexibility index (Phi) is 8.88. The highest BCUT2D eigenvalue weighted by atomic mass is 19.4. The van der Waals surface area contributed by atoms with Gasteiger partial charge in [-0.15, -0.1) is 0 Å². The average molecular weight is 553 g/mol. The Morgan fingerprint density at radius 2 is 1.70 bits per heavy atom. The molecule has 0 atom stereocenters. The second-order valence-electron chi connectivity index (χ2n) is 8.92. The van der Waals surface area contributed by atoms with Crippen LogP contribution in [0.4, 0.5) is 13.2 Å². The van der Waals surface area contributed by atoms with Crippen molar-refractivity contribution in [1.82, 2.24) is 9.97 Å². The molecule has 2 aromatic heterocycles. The summed E-state index contributed by atoms with van der Waals surface area (Å²) in [7, 11) is 1.30. The van der Waals surface area contributed by atoms with Crippen LogP contribution in [0.1, 0.15) is 42.1 Å². The van der Waals surface area contributed by atoms with Crippen molar-refractivity contribution < 1.29 is 37.3 Å². The topological polar surface area (TPSA) is 90.8 Å². The van der Waals surface area contributed by atoms with Crippen molar-refractivity contribution in [2.24, 2.45) is 0 Å². The minimum absolute atomic E-state index is 0.0550. The van der Waals surface area contributed by atoms with Gasteiger partial charge in [0, 0.05) is 35.0 Å². The van der Waals surface area contributed by atoms with Crippen LogP contribution < -0.4 is 14.2 Å². The molecule has 10 heteroatoms. The lowest BCUT2D eigenvalue weighted by molar-refractivity contribution is -0.141. The third-order valence-electron chi connectivity index (χ3n) is 6.00. The molecular formula is C30H27F3N2O5. The van der Waals surface area contributed by atoms with E-state index in [0.717, 1.165) is 11.6 Å². The summed E-state index contributed by atoms with van der Waals surface area (Å²) >= 11 is 0. The normalized spacial score (nSPS) is 11.9. The number of hydrogen-bond acceptors (Lipinski definition) is 6. The number of rotatable bonds is 11. The number of carboxylic acid groups (broad SMARTS) is 1. The number of carboxylic acids is 1. The standard InChI is InChI=1S/C30H27F3N2O5/c1-3-4-21(29(36)37)14-22-15-23(6-8-26(22)40-17-19-9-11-34-12-10-19)39-18-20-5-7-25-24(13-20)27(38-2)16-28(35-25)30(31,32)33/h5-16H,3-4,17-18H2,1-2H3,(H,36,37)/b21-14+. The van der Waals surface area contributed by atoms with Crippen LogP contribution in [0.3, 0.4) is 0 Å². The number of hydrogen-bond donors (Lipinski definition) is 1. The molecule has 7 nitrogen and oxygen atoms in total. The van der Waals surface area contributed by atoms with Crippen LogP contribution in [0.2, 0.25) is 0 Å². The van der Waals surface area contributed by atoms with Crippen LogP contribution in [0.5, 0.6) is 17.2 Å². The minimum atomic E-state index is -4.60. The summed E-state index contributed by atoms with van der Waals surface area (Å²) in [4.78, 5) is 19.5. The van der Waals surface area contributed by atoms with Crippen molar-refractivity contribution in [3.63, 3.8) is 0 Å². The number of aliphatic carboxylic acids is 1. The zero-order valence-corrected chi connectivity index (χ0v) is 21.9. The molecule has 1 N–H and O–H groups in total. The summed E-state index contributed by atoms with van der Waals surface area (Å²) in [5.74, 6) is -0.0116. The third kappa shape index (κ3) is 7.07. The molecule has 0 aliphatic rings. The van der Waals surface area contributed by atoms with Crippen molar-refractivity contribution in [3.05, 3.63) is 94.9 Å². The van der Waals surface area contributed by atoms with Crippen LogP contribution in [-0.2, 0) is 24.2 Å². The molecule has 0 radical (unpaired) electrons. The van der Waals surface area contributed by atoms with E-state index in [0.29, 0.717) is 40.9 Å². The highest BCUT2D eigenvalue weighted by Crippen LogP contribution is 2.35. The van der Waals surface area contributed by atoms with Gasteiger partial charge < -0.3 is 19.3 Å². The van der Waals surface area contributed by atoms with Gasteiger partial charge in [0.25, 0.3) is 0 Å². The molecule has 0 amide bonds. The van der Waals surface area contributed by atoms with E-state index in [2.05, 4.69) is 9.97 Å². The molecule has 0 aliphatic heterocycles. The zero-order chi connectivity index (χ0) is 28.7. The summed E-state index contributed by atoms with van der Waals surface area (Å²) < 4.78 is 56.7. The number of alkyl halides is 3. The molecule has 40 heavy (non-hydrogen) atoms. The first-order chi connectivity index (χ1) is 19.2. The Balaban J connectivity index is 1.60. The number of halogens is 3. The van der Waals surface area contributed by atoms with Crippen molar-refractivity contribution in [2.75, 3.05) is 7.11 Å². The molecule has 0 fully saturated rings. The maximum atomic E-state index is 13.2. The van der Waals surface area contributed by atoms with E-state index in [-0.39, 0.29) is 30.1 Å². The number of fused-ring (bicyclic) bond motifs is 1. The van der Waals surface area contributed by atoms with E-state index < -0.39 is 17.8 Å². The molecule has 0 saturated heterocycles. The summed E-state index contributed by atoms with van der Waals surface area (Å²) in [5, 5.41) is 10.1. The van der Waals surface area contributed by atoms with Gasteiger partial charge in [0.2, 0.25) is 0 Å². The molecule has 2 heterocycles. The first kappa shape index (κ1) is 28.4. The Hall–Kier alpha value is -4.60. The maximum absolute atomic E-state index is 13.2. The van der Waals surface area contributed by atoms with E-state index in [4.69, 9.17) is 14.2 Å². The molecule has 208 valence electrons. The number of methoxy groups -OCH3 is 1. The van der Waals surface area contributed by atoms with Gasteiger partial charge in [-0.3, -0.25) is 4.98 Å². The van der Waals surface area contributed by atoms with Gasteiger partial charge >= 0.3 is 12.1 Å². The fourth-order valence-corrected chi connectivity index (χ4v) is 4.01. The summed E-state index contributed by atoms with van der Waals surface area (Å²) in [6.45, 7) is 2.26. The monoisotopic (exact) mass is 552 g/mol. The zero-order valence-electron chi connectivity index (χ0n) is 21.9.